The molecule has 0 bridgehead atoms. The predicted octanol–water partition coefficient (Wildman–Crippen LogP) is 1.49. The van der Waals surface area contributed by atoms with Crippen LogP contribution in [0.5, 0.6) is 0 Å². The van der Waals surface area contributed by atoms with E-state index in [4.69, 9.17) is 5.11 Å². The second-order valence-electron chi connectivity index (χ2n) is 3.36. The average molecular weight is 238 g/mol. The van der Waals surface area contributed by atoms with Gasteiger partial charge in [0.2, 0.25) is 0 Å². The number of aliphatic carboxylic acids is 1. The molecule has 84 valence electrons. The van der Waals surface area contributed by atoms with Crippen molar-refractivity contribution in [3.63, 3.8) is 0 Å². The molecule has 1 N–H and O–H groups in total. The summed E-state index contributed by atoms with van der Waals surface area (Å²) in [5.41, 5.74) is -0.332. The molecule has 0 aliphatic heterocycles. The average Bonchev–Trinajstić information content (AvgIpc) is 2.70. The molecule has 2 rings (SSSR count). The van der Waals surface area contributed by atoms with E-state index >= 15 is 0 Å². The van der Waals surface area contributed by atoms with Crippen molar-refractivity contribution in [2.75, 3.05) is 0 Å². The first-order valence-electron chi connectivity index (χ1n) is 4.83. The second-order valence-corrected chi connectivity index (χ2v) is 4.28. The van der Waals surface area contributed by atoms with Gasteiger partial charge in [-0.1, -0.05) is 6.92 Å². The third kappa shape index (κ3) is 1.61. The maximum Gasteiger partial charge on any atom is 0.328 e. The molecule has 0 radical (unpaired) electrons. The van der Waals surface area contributed by atoms with Crippen LogP contribution in [-0.2, 0) is 4.79 Å². The van der Waals surface area contributed by atoms with Gasteiger partial charge in [0.15, 0.2) is 6.04 Å². The Labute approximate surface area is 94.9 Å². The van der Waals surface area contributed by atoms with Crippen LogP contribution < -0.4 is 5.56 Å². The number of carboxylic acids is 1. The largest absolute Gasteiger partial charge is 0.480 e. The minimum atomic E-state index is -1.03. The fraction of sp³-hybridized carbons (Fsp3) is 0.300. The van der Waals surface area contributed by atoms with Crippen molar-refractivity contribution >= 4 is 27.4 Å². The number of hydrogen-bond donors (Lipinski definition) is 1. The van der Waals surface area contributed by atoms with Crippen LogP contribution in [0.4, 0.5) is 0 Å². The molecule has 16 heavy (non-hydrogen) atoms. The molecule has 5 nitrogen and oxygen atoms in total. The maximum atomic E-state index is 11.9. The summed E-state index contributed by atoms with van der Waals surface area (Å²) in [6.07, 6.45) is 1.86. The third-order valence-corrected chi connectivity index (χ3v) is 3.30. The van der Waals surface area contributed by atoms with E-state index < -0.39 is 12.0 Å². The van der Waals surface area contributed by atoms with Gasteiger partial charge in [0.05, 0.1) is 6.20 Å². The van der Waals surface area contributed by atoms with Crippen LogP contribution in [0.2, 0.25) is 0 Å². The summed E-state index contributed by atoms with van der Waals surface area (Å²) < 4.78 is 1.59. The zero-order valence-electron chi connectivity index (χ0n) is 8.58. The zero-order chi connectivity index (χ0) is 11.7. The second kappa shape index (κ2) is 4.05. The molecule has 2 aromatic heterocycles. The number of carboxylic acid groups (broad SMARTS) is 1. The van der Waals surface area contributed by atoms with Gasteiger partial charge < -0.3 is 5.11 Å². The molecule has 0 aromatic carbocycles. The Morgan fingerprint density at radius 3 is 3.06 bits per heavy atom. The molecule has 2 heterocycles. The van der Waals surface area contributed by atoms with E-state index in [0.717, 1.165) is 10.1 Å². The number of fused-ring (bicyclic) bond motifs is 1. The third-order valence-electron chi connectivity index (χ3n) is 2.39. The molecular weight excluding hydrogens is 228 g/mol. The summed E-state index contributed by atoms with van der Waals surface area (Å²) in [5, 5.41) is 15.4. The summed E-state index contributed by atoms with van der Waals surface area (Å²) in [6.45, 7) is 1.71. The smallest absolute Gasteiger partial charge is 0.328 e. The molecule has 1 unspecified atom stereocenters. The van der Waals surface area contributed by atoms with Crippen molar-refractivity contribution in [2.24, 2.45) is 0 Å². The number of carbonyl (C=O) groups is 1. The van der Waals surface area contributed by atoms with Gasteiger partial charge in [0.25, 0.3) is 5.56 Å². The minimum absolute atomic E-state index is 0.332. The fourth-order valence-electron chi connectivity index (χ4n) is 1.55. The molecule has 0 amide bonds. The first-order chi connectivity index (χ1) is 7.65. The van der Waals surface area contributed by atoms with Gasteiger partial charge in [0, 0.05) is 5.39 Å². The molecule has 0 spiro atoms. The van der Waals surface area contributed by atoms with Gasteiger partial charge in [-0.2, -0.15) is 5.10 Å². The molecule has 2 aromatic rings. The van der Waals surface area contributed by atoms with Gasteiger partial charge in [-0.25, -0.2) is 9.48 Å². The lowest BCUT2D eigenvalue weighted by Crippen LogP contribution is -2.31. The van der Waals surface area contributed by atoms with Gasteiger partial charge in [-0.05, 0) is 17.9 Å². The lowest BCUT2D eigenvalue weighted by Gasteiger charge is -2.11. The van der Waals surface area contributed by atoms with Crippen molar-refractivity contribution in [3.05, 3.63) is 28.0 Å². The molecule has 0 aliphatic rings. The number of nitrogens with zero attached hydrogens (tertiary/aromatic N) is 2. The van der Waals surface area contributed by atoms with Crippen LogP contribution in [0, 0.1) is 0 Å². The van der Waals surface area contributed by atoms with Crippen LogP contribution in [0.25, 0.3) is 10.1 Å². The first kappa shape index (κ1) is 10.8. The Morgan fingerprint density at radius 1 is 1.69 bits per heavy atom. The van der Waals surface area contributed by atoms with Crippen LogP contribution in [0.15, 0.2) is 22.4 Å². The van der Waals surface area contributed by atoms with E-state index in [1.54, 1.807) is 18.4 Å². The molecular formula is C10H10N2O3S. The summed E-state index contributed by atoms with van der Waals surface area (Å²) in [6, 6.07) is 0.902. The highest BCUT2D eigenvalue weighted by molar-refractivity contribution is 7.17. The first-order valence-corrected chi connectivity index (χ1v) is 5.71. The molecule has 0 fully saturated rings. The molecule has 0 aliphatic carbocycles. The Balaban J connectivity index is 2.64. The van der Waals surface area contributed by atoms with Gasteiger partial charge in [0.1, 0.15) is 4.70 Å². The number of rotatable bonds is 3. The fourth-order valence-corrected chi connectivity index (χ4v) is 2.35. The Kier molecular flexibility index (Phi) is 2.74. The quantitative estimate of drug-likeness (QED) is 0.879. The number of hydrogen-bond acceptors (Lipinski definition) is 4. The summed E-state index contributed by atoms with van der Waals surface area (Å²) in [4.78, 5) is 22.9. The van der Waals surface area contributed by atoms with Gasteiger partial charge in [-0.15, -0.1) is 11.3 Å². The van der Waals surface area contributed by atoms with E-state index in [0.29, 0.717) is 11.1 Å². The number of thiophene rings is 1. The van der Waals surface area contributed by atoms with Gasteiger partial charge in [-0.3, -0.25) is 4.79 Å². The van der Waals surface area contributed by atoms with Crippen molar-refractivity contribution in [1.82, 2.24) is 9.78 Å². The topological polar surface area (TPSA) is 72.2 Å². The Morgan fingerprint density at radius 2 is 2.44 bits per heavy atom. The van der Waals surface area contributed by atoms with Crippen molar-refractivity contribution < 1.29 is 9.90 Å². The maximum absolute atomic E-state index is 11.9. The van der Waals surface area contributed by atoms with Crippen LogP contribution in [0.3, 0.4) is 0 Å². The van der Waals surface area contributed by atoms with E-state index in [9.17, 15) is 9.59 Å². The summed E-state index contributed by atoms with van der Waals surface area (Å²) >= 11 is 1.30. The van der Waals surface area contributed by atoms with Crippen molar-refractivity contribution in [1.29, 1.82) is 0 Å². The van der Waals surface area contributed by atoms with Gasteiger partial charge >= 0.3 is 5.97 Å². The highest BCUT2D eigenvalue weighted by Gasteiger charge is 2.20. The standard InChI is InChI=1S/C10H10N2O3S/c1-2-7(10(14)15)12-9(13)8-6(5-11-12)3-4-16-8/h3-5,7H,2H2,1H3,(H,14,15). The Hall–Kier alpha value is -1.69. The van der Waals surface area contributed by atoms with Crippen LogP contribution in [0.1, 0.15) is 19.4 Å². The van der Waals surface area contributed by atoms with Crippen molar-refractivity contribution in [2.45, 2.75) is 19.4 Å². The molecule has 0 saturated carbocycles. The lowest BCUT2D eigenvalue weighted by molar-refractivity contribution is -0.141. The van der Waals surface area contributed by atoms with E-state index in [2.05, 4.69) is 5.10 Å². The highest BCUT2D eigenvalue weighted by Crippen LogP contribution is 2.16. The SMILES string of the molecule is CCC(C(=O)O)n1ncc2ccsc2c1=O. The lowest BCUT2D eigenvalue weighted by atomic mass is 10.2. The normalized spacial score (nSPS) is 12.8. The van der Waals surface area contributed by atoms with Crippen molar-refractivity contribution in [3.8, 4) is 0 Å². The monoisotopic (exact) mass is 238 g/mol. The minimum Gasteiger partial charge on any atom is -0.480 e. The highest BCUT2D eigenvalue weighted by atomic mass is 32.1. The Bertz CT molecular complexity index is 587. The van der Waals surface area contributed by atoms with E-state index in [-0.39, 0.29) is 5.56 Å². The molecule has 0 saturated heterocycles. The molecule has 1 atom stereocenters. The predicted molar refractivity (Wildman–Crippen MR) is 60.8 cm³/mol. The van der Waals surface area contributed by atoms with E-state index in [1.165, 1.54) is 17.5 Å². The zero-order valence-corrected chi connectivity index (χ0v) is 9.40. The van der Waals surface area contributed by atoms with E-state index in [1.807, 2.05) is 0 Å². The number of aromatic nitrogens is 2. The van der Waals surface area contributed by atoms with Crippen LogP contribution >= 0.6 is 11.3 Å². The summed E-state index contributed by atoms with van der Waals surface area (Å²) in [5.74, 6) is -1.03. The summed E-state index contributed by atoms with van der Waals surface area (Å²) in [7, 11) is 0. The molecule has 6 heteroatoms. The van der Waals surface area contributed by atoms with Crippen LogP contribution in [-0.4, -0.2) is 20.9 Å².